The maximum atomic E-state index is 12.3. The summed E-state index contributed by atoms with van der Waals surface area (Å²) in [5, 5.41) is 17.3. The fourth-order valence-electron chi connectivity index (χ4n) is 3.20. The summed E-state index contributed by atoms with van der Waals surface area (Å²) in [7, 11) is 5.36. The van der Waals surface area contributed by atoms with Crippen LogP contribution in [0.5, 0.6) is 5.75 Å². The molecule has 164 valence electrons. The molecule has 0 aliphatic rings. The molecular formula is C22H21ClN6O2S. The topological polar surface area (TPSA) is 86.9 Å². The molecule has 0 aliphatic heterocycles. The van der Waals surface area contributed by atoms with Gasteiger partial charge in [0.1, 0.15) is 11.4 Å². The highest BCUT2D eigenvalue weighted by molar-refractivity contribution is 7.99. The van der Waals surface area contributed by atoms with Crippen molar-refractivity contribution in [2.24, 2.45) is 14.1 Å². The fraction of sp³-hybridized carbons (Fsp3) is 0.182. The molecule has 32 heavy (non-hydrogen) atoms. The third-order valence-electron chi connectivity index (χ3n) is 4.69. The lowest BCUT2D eigenvalue weighted by atomic mass is 10.1. The van der Waals surface area contributed by atoms with Crippen molar-refractivity contribution in [3.05, 3.63) is 59.8 Å². The van der Waals surface area contributed by atoms with E-state index in [1.807, 2.05) is 49.1 Å². The minimum atomic E-state index is -0.153. The van der Waals surface area contributed by atoms with E-state index in [-0.39, 0.29) is 11.7 Å². The van der Waals surface area contributed by atoms with E-state index in [9.17, 15) is 4.79 Å². The van der Waals surface area contributed by atoms with Gasteiger partial charge >= 0.3 is 0 Å². The molecule has 4 rings (SSSR count). The number of hydrogen-bond acceptors (Lipinski definition) is 6. The molecule has 1 amide bonds. The fourth-order valence-corrected chi connectivity index (χ4v) is 4.11. The average Bonchev–Trinajstić information content (AvgIpc) is 3.34. The highest BCUT2D eigenvalue weighted by atomic mass is 35.5. The maximum absolute atomic E-state index is 12.3. The van der Waals surface area contributed by atoms with Crippen LogP contribution in [-0.4, -0.2) is 43.3 Å². The Bertz CT molecular complexity index is 1270. The number of nitrogens with one attached hydrogen (secondary N) is 1. The van der Waals surface area contributed by atoms with Gasteiger partial charge in [0.2, 0.25) is 5.91 Å². The quantitative estimate of drug-likeness (QED) is 0.407. The number of nitrogens with zero attached hydrogens (tertiary/aromatic N) is 5. The molecule has 2 heterocycles. The van der Waals surface area contributed by atoms with Crippen molar-refractivity contribution in [3.8, 4) is 28.4 Å². The van der Waals surface area contributed by atoms with Crippen LogP contribution >= 0.6 is 23.4 Å². The summed E-state index contributed by atoms with van der Waals surface area (Å²) in [5.41, 5.74) is 3.18. The molecule has 0 saturated carbocycles. The van der Waals surface area contributed by atoms with Gasteiger partial charge in [-0.1, -0.05) is 41.6 Å². The first-order chi connectivity index (χ1) is 15.4. The third kappa shape index (κ3) is 4.79. The number of ether oxygens (including phenoxy) is 1. The molecule has 0 radical (unpaired) electrons. The Hall–Kier alpha value is -3.30. The average molecular weight is 469 g/mol. The van der Waals surface area contributed by atoms with Gasteiger partial charge < -0.3 is 14.6 Å². The zero-order valence-corrected chi connectivity index (χ0v) is 19.3. The van der Waals surface area contributed by atoms with E-state index in [0.717, 1.165) is 22.6 Å². The van der Waals surface area contributed by atoms with Gasteiger partial charge in [-0.15, -0.1) is 10.2 Å². The molecule has 0 spiro atoms. The molecular weight excluding hydrogens is 448 g/mol. The largest absolute Gasteiger partial charge is 0.497 e. The Kier molecular flexibility index (Phi) is 6.48. The van der Waals surface area contributed by atoms with Crippen LogP contribution in [-0.2, 0) is 18.9 Å². The second kappa shape index (κ2) is 9.46. The first kappa shape index (κ1) is 21.9. The first-order valence-corrected chi connectivity index (χ1v) is 11.1. The van der Waals surface area contributed by atoms with E-state index in [1.165, 1.54) is 11.8 Å². The van der Waals surface area contributed by atoms with E-state index in [0.29, 0.717) is 21.7 Å². The Morgan fingerprint density at radius 3 is 2.75 bits per heavy atom. The molecule has 0 saturated heterocycles. The Morgan fingerprint density at radius 1 is 1.16 bits per heavy atom. The number of aryl methyl sites for hydroxylation is 1. The van der Waals surface area contributed by atoms with Crippen LogP contribution < -0.4 is 10.1 Å². The predicted molar refractivity (Wildman–Crippen MR) is 126 cm³/mol. The summed E-state index contributed by atoms with van der Waals surface area (Å²) in [6, 6.07) is 14.7. The molecule has 2 aromatic heterocycles. The molecule has 1 N–H and O–H groups in total. The van der Waals surface area contributed by atoms with Crippen molar-refractivity contribution in [1.82, 2.24) is 24.5 Å². The zero-order chi connectivity index (χ0) is 22.7. The van der Waals surface area contributed by atoms with Gasteiger partial charge in [0.05, 0.1) is 18.4 Å². The molecule has 2 aromatic carbocycles. The number of benzene rings is 2. The number of carbonyl (C=O) groups excluding carboxylic acids is 1. The second-order valence-corrected chi connectivity index (χ2v) is 8.39. The van der Waals surface area contributed by atoms with Crippen LogP contribution in [0.1, 0.15) is 0 Å². The van der Waals surface area contributed by atoms with E-state index in [2.05, 4.69) is 20.6 Å². The minimum Gasteiger partial charge on any atom is -0.497 e. The molecule has 0 aliphatic carbocycles. The van der Waals surface area contributed by atoms with Crippen molar-refractivity contribution < 1.29 is 9.53 Å². The van der Waals surface area contributed by atoms with Crippen LogP contribution in [0.4, 0.5) is 5.69 Å². The number of thioether (sulfide) groups is 1. The van der Waals surface area contributed by atoms with Crippen molar-refractivity contribution in [1.29, 1.82) is 0 Å². The highest BCUT2D eigenvalue weighted by Gasteiger charge is 2.19. The normalized spacial score (nSPS) is 10.9. The van der Waals surface area contributed by atoms with Gasteiger partial charge in [0.15, 0.2) is 11.0 Å². The maximum Gasteiger partial charge on any atom is 0.234 e. The van der Waals surface area contributed by atoms with Crippen LogP contribution in [0.3, 0.4) is 0 Å². The number of amides is 1. The van der Waals surface area contributed by atoms with E-state index in [4.69, 9.17) is 16.3 Å². The second-order valence-electron chi connectivity index (χ2n) is 7.01. The Balaban J connectivity index is 1.53. The number of carbonyl (C=O) groups is 1. The Morgan fingerprint density at radius 2 is 1.97 bits per heavy atom. The lowest BCUT2D eigenvalue weighted by molar-refractivity contribution is -0.113. The molecule has 10 heteroatoms. The number of aromatic nitrogens is 5. The lowest BCUT2D eigenvalue weighted by Crippen LogP contribution is -2.14. The van der Waals surface area contributed by atoms with Crippen molar-refractivity contribution in [2.75, 3.05) is 18.2 Å². The van der Waals surface area contributed by atoms with E-state index < -0.39 is 0 Å². The monoisotopic (exact) mass is 468 g/mol. The lowest BCUT2D eigenvalue weighted by Gasteiger charge is -2.07. The summed E-state index contributed by atoms with van der Waals surface area (Å²) in [4.78, 5) is 12.3. The SMILES string of the molecule is COc1cccc(-c2nn(C)cc2-c2nnc(SCC(=O)Nc3cccc(Cl)c3)n2C)c1. The van der Waals surface area contributed by atoms with Gasteiger partial charge in [0, 0.05) is 36.6 Å². The number of hydrogen-bond donors (Lipinski definition) is 1. The number of methoxy groups -OCH3 is 1. The summed E-state index contributed by atoms with van der Waals surface area (Å²) >= 11 is 7.27. The number of rotatable bonds is 7. The third-order valence-corrected chi connectivity index (χ3v) is 5.94. The number of halogens is 1. The molecule has 0 unspecified atom stereocenters. The zero-order valence-electron chi connectivity index (χ0n) is 17.7. The van der Waals surface area contributed by atoms with Crippen LogP contribution in [0, 0.1) is 0 Å². The predicted octanol–water partition coefficient (Wildman–Crippen LogP) is 4.28. The first-order valence-electron chi connectivity index (χ1n) is 9.70. The number of anilines is 1. The molecule has 4 aromatic rings. The van der Waals surface area contributed by atoms with Crippen LogP contribution in [0.25, 0.3) is 22.6 Å². The van der Waals surface area contributed by atoms with Crippen LogP contribution in [0.15, 0.2) is 59.9 Å². The van der Waals surface area contributed by atoms with E-state index >= 15 is 0 Å². The summed E-state index contributed by atoms with van der Waals surface area (Å²) in [5.74, 6) is 1.45. The Labute approximate surface area is 194 Å². The van der Waals surface area contributed by atoms with Crippen molar-refractivity contribution in [2.45, 2.75) is 5.16 Å². The van der Waals surface area contributed by atoms with Gasteiger partial charge in [-0.05, 0) is 30.3 Å². The summed E-state index contributed by atoms with van der Waals surface area (Å²) in [6.07, 6.45) is 1.90. The standard InChI is InChI=1S/C22H21ClN6O2S/c1-28-12-18(20(27-28)14-6-4-9-17(10-14)31-3)21-25-26-22(29(21)2)32-13-19(30)24-16-8-5-7-15(23)11-16/h4-12H,13H2,1-3H3,(H,24,30). The van der Waals surface area contributed by atoms with Crippen molar-refractivity contribution >= 4 is 35.0 Å². The minimum absolute atomic E-state index is 0.153. The van der Waals surface area contributed by atoms with Crippen molar-refractivity contribution in [3.63, 3.8) is 0 Å². The summed E-state index contributed by atoms with van der Waals surface area (Å²) in [6.45, 7) is 0. The van der Waals surface area contributed by atoms with Gasteiger partial charge in [0.25, 0.3) is 0 Å². The van der Waals surface area contributed by atoms with E-state index in [1.54, 1.807) is 36.1 Å². The van der Waals surface area contributed by atoms with Gasteiger partial charge in [-0.2, -0.15) is 5.10 Å². The molecule has 0 bridgehead atoms. The highest BCUT2D eigenvalue weighted by Crippen LogP contribution is 2.32. The van der Waals surface area contributed by atoms with Gasteiger partial charge in [-0.3, -0.25) is 9.48 Å². The smallest absolute Gasteiger partial charge is 0.234 e. The van der Waals surface area contributed by atoms with Crippen LogP contribution in [0.2, 0.25) is 5.02 Å². The van der Waals surface area contributed by atoms with Gasteiger partial charge in [-0.25, -0.2) is 0 Å². The molecule has 0 atom stereocenters. The molecule has 0 fully saturated rings. The summed E-state index contributed by atoms with van der Waals surface area (Å²) < 4.78 is 8.94. The molecule has 8 nitrogen and oxygen atoms in total.